The van der Waals surface area contributed by atoms with E-state index in [-0.39, 0.29) is 30.9 Å². The summed E-state index contributed by atoms with van der Waals surface area (Å²) in [5, 5.41) is 2.79. The van der Waals surface area contributed by atoms with Crippen LogP contribution in [0.25, 0.3) is 0 Å². The van der Waals surface area contributed by atoms with Crippen molar-refractivity contribution in [1.82, 2.24) is 10.2 Å². The second kappa shape index (κ2) is 9.59. The van der Waals surface area contributed by atoms with Crippen molar-refractivity contribution in [2.45, 2.75) is 19.4 Å². The number of likely N-dealkylation sites (N-methyl/N-ethyl adjacent to an activating group) is 1. The van der Waals surface area contributed by atoms with Gasteiger partial charge in [-0.1, -0.05) is 28.1 Å². The normalized spacial score (nSPS) is 15.0. The number of hydrogen-bond acceptors (Lipinski definition) is 4. The van der Waals surface area contributed by atoms with E-state index >= 15 is 0 Å². The SMILES string of the molecule is CCN(CC1COc2ccccc2O1)C(=O)CCNC(=O)c1ccc(Br)cc1. The maximum absolute atomic E-state index is 12.5. The molecule has 1 aliphatic rings. The molecular formula is C21H23BrN2O4. The summed E-state index contributed by atoms with van der Waals surface area (Å²) in [6.45, 7) is 3.64. The lowest BCUT2D eigenvalue weighted by molar-refractivity contribution is -0.132. The van der Waals surface area contributed by atoms with Crippen LogP contribution in [0.2, 0.25) is 0 Å². The van der Waals surface area contributed by atoms with Gasteiger partial charge in [0.25, 0.3) is 5.91 Å². The van der Waals surface area contributed by atoms with Crippen molar-refractivity contribution >= 4 is 27.7 Å². The number of nitrogens with zero attached hydrogens (tertiary/aromatic N) is 1. The number of benzene rings is 2. The Morgan fingerprint density at radius 1 is 1.14 bits per heavy atom. The van der Waals surface area contributed by atoms with Crippen molar-refractivity contribution in [2.24, 2.45) is 0 Å². The molecule has 0 aromatic heterocycles. The van der Waals surface area contributed by atoms with Crippen LogP contribution in [0.3, 0.4) is 0 Å². The molecule has 0 radical (unpaired) electrons. The summed E-state index contributed by atoms with van der Waals surface area (Å²) in [6.07, 6.45) is 0.0245. The summed E-state index contributed by atoms with van der Waals surface area (Å²) in [6, 6.07) is 14.6. The van der Waals surface area contributed by atoms with Gasteiger partial charge in [0, 0.05) is 29.5 Å². The topological polar surface area (TPSA) is 67.9 Å². The minimum absolute atomic E-state index is 0.0268. The summed E-state index contributed by atoms with van der Waals surface area (Å²) >= 11 is 3.34. The fraction of sp³-hybridized carbons (Fsp3) is 0.333. The van der Waals surface area contributed by atoms with E-state index in [1.54, 1.807) is 17.0 Å². The first kappa shape index (κ1) is 20.2. The van der Waals surface area contributed by atoms with Crippen LogP contribution in [0.1, 0.15) is 23.7 Å². The molecule has 0 bridgehead atoms. The lowest BCUT2D eigenvalue weighted by Gasteiger charge is -2.31. The summed E-state index contributed by atoms with van der Waals surface area (Å²) in [5.41, 5.74) is 0.564. The standard InChI is InChI=1S/C21H23BrN2O4/c1-2-24(13-17-14-27-18-5-3-4-6-19(18)28-17)20(25)11-12-23-21(26)15-7-9-16(22)10-8-15/h3-10,17H,2,11-14H2,1H3,(H,23,26). The highest BCUT2D eigenvalue weighted by Crippen LogP contribution is 2.31. The van der Waals surface area contributed by atoms with Gasteiger partial charge in [0.2, 0.25) is 5.91 Å². The van der Waals surface area contributed by atoms with Crippen molar-refractivity contribution in [1.29, 1.82) is 0 Å². The highest BCUT2D eigenvalue weighted by molar-refractivity contribution is 9.10. The van der Waals surface area contributed by atoms with E-state index in [1.165, 1.54) is 0 Å². The smallest absolute Gasteiger partial charge is 0.251 e. The van der Waals surface area contributed by atoms with Gasteiger partial charge < -0.3 is 19.7 Å². The Hall–Kier alpha value is -2.54. The molecule has 0 saturated heterocycles. The van der Waals surface area contributed by atoms with Crippen LogP contribution >= 0.6 is 15.9 Å². The van der Waals surface area contributed by atoms with E-state index in [9.17, 15) is 9.59 Å². The summed E-state index contributed by atoms with van der Waals surface area (Å²) in [7, 11) is 0. The monoisotopic (exact) mass is 446 g/mol. The van der Waals surface area contributed by atoms with Gasteiger partial charge >= 0.3 is 0 Å². The number of fused-ring (bicyclic) bond motifs is 1. The van der Waals surface area contributed by atoms with Crippen LogP contribution in [0.4, 0.5) is 0 Å². The zero-order chi connectivity index (χ0) is 19.9. The Kier molecular flexibility index (Phi) is 6.92. The van der Waals surface area contributed by atoms with Crippen LogP contribution in [0.15, 0.2) is 53.0 Å². The van der Waals surface area contributed by atoms with Crippen LogP contribution in [-0.4, -0.2) is 49.1 Å². The highest BCUT2D eigenvalue weighted by Gasteiger charge is 2.24. The first-order valence-corrected chi connectivity index (χ1v) is 10.1. The van der Waals surface area contributed by atoms with Crippen LogP contribution in [-0.2, 0) is 4.79 Å². The van der Waals surface area contributed by atoms with Gasteiger partial charge in [-0.3, -0.25) is 9.59 Å². The lowest BCUT2D eigenvalue weighted by Crippen LogP contribution is -2.44. The number of amides is 2. The minimum atomic E-state index is -0.212. The first-order valence-electron chi connectivity index (χ1n) is 9.27. The van der Waals surface area contributed by atoms with Gasteiger partial charge in [0.1, 0.15) is 6.61 Å². The van der Waals surface area contributed by atoms with Crippen LogP contribution in [0, 0.1) is 0 Å². The number of halogens is 1. The Bertz CT molecular complexity index is 825. The average molecular weight is 447 g/mol. The molecule has 2 amide bonds. The molecule has 0 fully saturated rings. The van der Waals surface area contributed by atoms with E-state index in [1.807, 2.05) is 43.3 Å². The van der Waals surface area contributed by atoms with Gasteiger partial charge in [0.15, 0.2) is 17.6 Å². The molecule has 0 spiro atoms. The minimum Gasteiger partial charge on any atom is -0.486 e. The number of para-hydroxylation sites is 2. The van der Waals surface area contributed by atoms with E-state index in [4.69, 9.17) is 9.47 Å². The van der Waals surface area contributed by atoms with E-state index < -0.39 is 0 Å². The fourth-order valence-electron chi connectivity index (χ4n) is 2.95. The number of rotatable bonds is 7. The molecule has 1 N–H and O–H groups in total. The summed E-state index contributed by atoms with van der Waals surface area (Å²) in [4.78, 5) is 26.4. The van der Waals surface area contributed by atoms with Gasteiger partial charge in [-0.2, -0.15) is 0 Å². The fourth-order valence-corrected chi connectivity index (χ4v) is 3.21. The summed E-state index contributed by atoms with van der Waals surface area (Å²) in [5.74, 6) is 1.21. The number of ether oxygens (including phenoxy) is 2. The zero-order valence-electron chi connectivity index (χ0n) is 15.7. The molecule has 7 heteroatoms. The molecule has 3 rings (SSSR count). The predicted molar refractivity (Wildman–Crippen MR) is 110 cm³/mol. The second-order valence-electron chi connectivity index (χ2n) is 6.44. The van der Waals surface area contributed by atoms with Crippen molar-refractivity contribution in [3.8, 4) is 11.5 Å². The molecule has 148 valence electrons. The van der Waals surface area contributed by atoms with E-state index in [0.29, 0.717) is 31.0 Å². The van der Waals surface area contributed by atoms with Crippen molar-refractivity contribution in [2.75, 3.05) is 26.2 Å². The maximum Gasteiger partial charge on any atom is 0.251 e. The highest BCUT2D eigenvalue weighted by atomic mass is 79.9. The van der Waals surface area contributed by atoms with Gasteiger partial charge in [-0.15, -0.1) is 0 Å². The molecule has 28 heavy (non-hydrogen) atoms. The predicted octanol–water partition coefficient (Wildman–Crippen LogP) is 3.26. The number of hydrogen-bond donors (Lipinski definition) is 1. The number of nitrogens with one attached hydrogen (secondary N) is 1. The molecule has 6 nitrogen and oxygen atoms in total. The molecule has 2 aromatic rings. The third-order valence-corrected chi connectivity index (χ3v) is 4.99. The van der Waals surface area contributed by atoms with Gasteiger partial charge in [0.05, 0.1) is 6.54 Å². The quantitative estimate of drug-likeness (QED) is 0.708. The Morgan fingerprint density at radius 2 is 1.86 bits per heavy atom. The molecule has 1 heterocycles. The van der Waals surface area contributed by atoms with Crippen molar-refractivity contribution in [3.05, 3.63) is 58.6 Å². The average Bonchev–Trinajstić information content (AvgIpc) is 2.72. The molecule has 1 atom stereocenters. The third-order valence-electron chi connectivity index (χ3n) is 4.46. The molecule has 1 unspecified atom stereocenters. The largest absolute Gasteiger partial charge is 0.486 e. The van der Waals surface area contributed by atoms with Crippen LogP contribution < -0.4 is 14.8 Å². The van der Waals surface area contributed by atoms with Gasteiger partial charge in [-0.05, 0) is 43.3 Å². The molecule has 0 saturated carbocycles. The molecule has 2 aromatic carbocycles. The second-order valence-corrected chi connectivity index (χ2v) is 7.36. The van der Waals surface area contributed by atoms with Gasteiger partial charge in [-0.25, -0.2) is 0 Å². The Morgan fingerprint density at radius 3 is 2.57 bits per heavy atom. The Labute approximate surface area is 172 Å². The number of carbonyl (C=O) groups is 2. The van der Waals surface area contributed by atoms with E-state index in [0.717, 1.165) is 10.2 Å². The zero-order valence-corrected chi connectivity index (χ0v) is 17.3. The summed E-state index contributed by atoms with van der Waals surface area (Å²) < 4.78 is 12.6. The number of carbonyl (C=O) groups excluding carboxylic acids is 2. The molecular weight excluding hydrogens is 424 g/mol. The lowest BCUT2D eigenvalue weighted by atomic mass is 10.2. The van der Waals surface area contributed by atoms with Crippen LogP contribution in [0.5, 0.6) is 11.5 Å². The third kappa shape index (κ3) is 5.25. The first-order chi connectivity index (χ1) is 13.6. The van der Waals surface area contributed by atoms with Crippen molar-refractivity contribution in [3.63, 3.8) is 0 Å². The molecule has 0 aliphatic carbocycles. The van der Waals surface area contributed by atoms with Crippen molar-refractivity contribution < 1.29 is 19.1 Å². The maximum atomic E-state index is 12.5. The van der Waals surface area contributed by atoms with E-state index in [2.05, 4.69) is 21.2 Å². The Balaban J connectivity index is 1.46. The molecule has 1 aliphatic heterocycles.